The first-order valence-corrected chi connectivity index (χ1v) is 9.11. The molecule has 7 heteroatoms. The molecule has 0 saturated carbocycles. The maximum Gasteiger partial charge on any atom is 0.407 e. The molecule has 1 aliphatic heterocycles. The van der Waals surface area contributed by atoms with Crippen LogP contribution in [-0.4, -0.2) is 60.1 Å². The van der Waals surface area contributed by atoms with Crippen molar-refractivity contribution in [1.29, 1.82) is 0 Å². The molecule has 0 aliphatic carbocycles. The zero-order chi connectivity index (χ0) is 19.2. The number of aliphatic hydroxyl groups excluding tert-OH is 1. The number of β-amino-alcohol motifs (C(OH)–C–C–N with tert-alkyl or cyclic N) is 1. The van der Waals surface area contributed by atoms with Crippen molar-refractivity contribution >= 4 is 11.8 Å². The van der Waals surface area contributed by atoms with E-state index >= 15 is 0 Å². The number of carbonyl (C=O) groups is 1. The molecular formula is C19H31N3O4. The SMILES string of the molecule is CC(C)(C)OC(=O)NCC(O)CN1CCC(Oc2ccc(N)cc2)CC1. The van der Waals surface area contributed by atoms with Crippen molar-refractivity contribution in [2.24, 2.45) is 0 Å². The molecule has 146 valence electrons. The minimum atomic E-state index is -0.628. The molecule has 1 saturated heterocycles. The lowest BCUT2D eigenvalue weighted by atomic mass is 10.1. The summed E-state index contributed by atoms with van der Waals surface area (Å²) in [6, 6.07) is 7.43. The Labute approximate surface area is 155 Å². The summed E-state index contributed by atoms with van der Waals surface area (Å²) < 4.78 is 11.1. The van der Waals surface area contributed by atoms with Crippen molar-refractivity contribution in [3.8, 4) is 5.75 Å². The number of hydrogen-bond acceptors (Lipinski definition) is 6. The Hall–Kier alpha value is -1.99. The maximum atomic E-state index is 11.6. The Morgan fingerprint density at radius 3 is 2.50 bits per heavy atom. The van der Waals surface area contributed by atoms with Crippen LogP contribution in [0.15, 0.2) is 24.3 Å². The molecule has 1 aliphatic rings. The number of rotatable bonds is 6. The second-order valence-corrected chi connectivity index (χ2v) is 7.72. The lowest BCUT2D eigenvalue weighted by Crippen LogP contribution is -2.45. The zero-order valence-corrected chi connectivity index (χ0v) is 15.9. The molecule has 0 aromatic heterocycles. The van der Waals surface area contributed by atoms with Crippen LogP contribution in [0.3, 0.4) is 0 Å². The average molecular weight is 365 g/mol. The quantitative estimate of drug-likeness (QED) is 0.667. The highest BCUT2D eigenvalue weighted by Gasteiger charge is 2.23. The summed E-state index contributed by atoms with van der Waals surface area (Å²) in [4.78, 5) is 13.8. The lowest BCUT2D eigenvalue weighted by Gasteiger charge is -2.33. The third kappa shape index (κ3) is 7.49. The number of likely N-dealkylation sites (tertiary alicyclic amines) is 1. The van der Waals surface area contributed by atoms with E-state index in [1.54, 1.807) is 20.8 Å². The number of benzene rings is 1. The van der Waals surface area contributed by atoms with E-state index < -0.39 is 17.8 Å². The molecule has 0 spiro atoms. The Morgan fingerprint density at radius 1 is 1.31 bits per heavy atom. The third-order valence-electron chi connectivity index (χ3n) is 4.07. The number of carbonyl (C=O) groups excluding carboxylic acids is 1. The fourth-order valence-electron chi connectivity index (χ4n) is 2.83. The Bertz CT molecular complexity index is 563. The maximum absolute atomic E-state index is 11.6. The zero-order valence-electron chi connectivity index (χ0n) is 15.9. The van der Waals surface area contributed by atoms with Crippen LogP contribution in [0.25, 0.3) is 0 Å². The molecule has 1 heterocycles. The van der Waals surface area contributed by atoms with Crippen molar-refractivity contribution in [2.45, 2.75) is 51.4 Å². The Kier molecular flexibility index (Phi) is 7.11. The van der Waals surface area contributed by atoms with E-state index in [4.69, 9.17) is 15.2 Å². The van der Waals surface area contributed by atoms with Gasteiger partial charge in [-0.15, -0.1) is 0 Å². The van der Waals surface area contributed by atoms with Gasteiger partial charge in [-0.1, -0.05) is 0 Å². The van der Waals surface area contributed by atoms with Gasteiger partial charge in [-0.25, -0.2) is 4.79 Å². The number of nitrogens with two attached hydrogens (primary N) is 1. The van der Waals surface area contributed by atoms with Crippen molar-refractivity contribution in [2.75, 3.05) is 31.9 Å². The molecule has 1 aromatic carbocycles. The first kappa shape index (κ1) is 20.3. The van der Waals surface area contributed by atoms with Gasteiger partial charge in [-0.05, 0) is 57.9 Å². The average Bonchev–Trinajstić information content (AvgIpc) is 2.55. The van der Waals surface area contributed by atoms with Crippen LogP contribution in [-0.2, 0) is 4.74 Å². The largest absolute Gasteiger partial charge is 0.490 e. The molecule has 4 N–H and O–H groups in total. The number of aliphatic hydroxyl groups is 1. The van der Waals surface area contributed by atoms with E-state index in [-0.39, 0.29) is 12.6 Å². The van der Waals surface area contributed by atoms with Gasteiger partial charge in [0.1, 0.15) is 17.5 Å². The van der Waals surface area contributed by atoms with Crippen LogP contribution in [0, 0.1) is 0 Å². The van der Waals surface area contributed by atoms with Crippen LogP contribution in [0.2, 0.25) is 0 Å². The first-order valence-electron chi connectivity index (χ1n) is 9.11. The molecule has 1 aromatic rings. The number of anilines is 1. The van der Waals surface area contributed by atoms with Gasteiger partial charge in [0, 0.05) is 31.9 Å². The van der Waals surface area contributed by atoms with Crippen molar-refractivity contribution in [1.82, 2.24) is 10.2 Å². The van der Waals surface area contributed by atoms with Crippen LogP contribution in [0.4, 0.5) is 10.5 Å². The van der Waals surface area contributed by atoms with Gasteiger partial charge in [0.25, 0.3) is 0 Å². The second kappa shape index (κ2) is 9.09. The van der Waals surface area contributed by atoms with Crippen molar-refractivity contribution in [3.05, 3.63) is 24.3 Å². The number of ether oxygens (including phenoxy) is 2. The standard InChI is InChI=1S/C19H31N3O4/c1-19(2,3)26-18(24)21-12-15(23)13-22-10-8-17(9-11-22)25-16-6-4-14(20)5-7-16/h4-7,15,17,23H,8-13,20H2,1-3H3,(H,21,24). The molecule has 0 bridgehead atoms. The van der Waals surface area contributed by atoms with Gasteiger partial charge in [-0.2, -0.15) is 0 Å². The number of piperidine rings is 1. The number of nitrogen functional groups attached to an aromatic ring is 1. The molecule has 7 nitrogen and oxygen atoms in total. The van der Waals surface area contributed by atoms with E-state index in [0.717, 1.165) is 37.4 Å². The van der Waals surface area contributed by atoms with E-state index in [2.05, 4.69) is 10.2 Å². The van der Waals surface area contributed by atoms with Crippen LogP contribution < -0.4 is 15.8 Å². The van der Waals surface area contributed by atoms with Crippen molar-refractivity contribution in [3.63, 3.8) is 0 Å². The van der Waals surface area contributed by atoms with Crippen LogP contribution in [0.1, 0.15) is 33.6 Å². The molecular weight excluding hydrogens is 334 g/mol. The third-order valence-corrected chi connectivity index (χ3v) is 4.07. The summed E-state index contributed by atoms with van der Waals surface area (Å²) in [5.41, 5.74) is 5.86. The van der Waals surface area contributed by atoms with Gasteiger partial charge in [0.2, 0.25) is 0 Å². The van der Waals surface area contributed by atoms with Gasteiger partial charge in [0.15, 0.2) is 0 Å². The van der Waals surface area contributed by atoms with Gasteiger partial charge >= 0.3 is 6.09 Å². The number of nitrogens with zero attached hydrogens (tertiary/aromatic N) is 1. The Morgan fingerprint density at radius 2 is 1.92 bits per heavy atom. The Balaban J connectivity index is 1.64. The minimum Gasteiger partial charge on any atom is -0.490 e. The molecule has 26 heavy (non-hydrogen) atoms. The second-order valence-electron chi connectivity index (χ2n) is 7.72. The summed E-state index contributed by atoms with van der Waals surface area (Å²) in [6.45, 7) is 7.81. The van der Waals surface area contributed by atoms with Crippen molar-refractivity contribution < 1.29 is 19.4 Å². The van der Waals surface area contributed by atoms with E-state index in [1.165, 1.54) is 0 Å². The van der Waals surface area contributed by atoms with Gasteiger partial charge in [0.05, 0.1) is 6.10 Å². The molecule has 2 rings (SSSR count). The van der Waals surface area contributed by atoms with E-state index in [0.29, 0.717) is 6.54 Å². The number of alkyl carbamates (subject to hydrolysis) is 1. The van der Waals surface area contributed by atoms with E-state index in [9.17, 15) is 9.90 Å². The predicted octanol–water partition coefficient (Wildman–Crippen LogP) is 2.00. The van der Waals surface area contributed by atoms with Crippen LogP contribution >= 0.6 is 0 Å². The first-order chi connectivity index (χ1) is 12.2. The molecule has 1 fully saturated rings. The number of amides is 1. The number of hydrogen-bond donors (Lipinski definition) is 3. The fourth-order valence-corrected chi connectivity index (χ4v) is 2.83. The summed E-state index contributed by atoms with van der Waals surface area (Å²) in [5, 5.41) is 12.7. The highest BCUT2D eigenvalue weighted by Crippen LogP contribution is 2.20. The summed E-state index contributed by atoms with van der Waals surface area (Å²) in [7, 11) is 0. The van der Waals surface area contributed by atoms with Crippen LogP contribution in [0.5, 0.6) is 5.75 Å². The normalized spacial score (nSPS) is 17.5. The molecule has 1 atom stereocenters. The highest BCUT2D eigenvalue weighted by atomic mass is 16.6. The summed E-state index contributed by atoms with van der Waals surface area (Å²) in [5.74, 6) is 0.833. The van der Waals surface area contributed by atoms with Gasteiger partial charge < -0.3 is 30.5 Å². The lowest BCUT2D eigenvalue weighted by molar-refractivity contribution is 0.0421. The fraction of sp³-hybridized carbons (Fsp3) is 0.632. The highest BCUT2D eigenvalue weighted by molar-refractivity contribution is 5.67. The smallest absolute Gasteiger partial charge is 0.407 e. The van der Waals surface area contributed by atoms with E-state index in [1.807, 2.05) is 24.3 Å². The molecule has 1 amide bonds. The predicted molar refractivity (Wildman–Crippen MR) is 101 cm³/mol. The van der Waals surface area contributed by atoms with Gasteiger partial charge in [-0.3, -0.25) is 0 Å². The molecule has 0 radical (unpaired) electrons. The summed E-state index contributed by atoms with van der Waals surface area (Å²) in [6.07, 6.45) is 0.837. The molecule has 1 unspecified atom stereocenters. The summed E-state index contributed by atoms with van der Waals surface area (Å²) >= 11 is 0. The number of nitrogens with one attached hydrogen (secondary N) is 1. The topological polar surface area (TPSA) is 97.0 Å². The minimum absolute atomic E-state index is 0.173. The monoisotopic (exact) mass is 365 g/mol.